The molecule has 2 aromatic rings. The zero-order chi connectivity index (χ0) is 15.9. The van der Waals surface area contributed by atoms with Crippen molar-refractivity contribution in [2.45, 2.75) is 13.8 Å². The molecule has 108 valence electrons. The Balaban J connectivity index is 2.28. The third kappa shape index (κ3) is 3.67. The van der Waals surface area contributed by atoms with E-state index in [-0.39, 0.29) is 0 Å². The summed E-state index contributed by atoms with van der Waals surface area (Å²) in [6, 6.07) is 10.3. The van der Waals surface area contributed by atoms with Gasteiger partial charge in [-0.25, -0.2) is 9.59 Å². The van der Waals surface area contributed by atoms with Crippen LogP contribution in [0.5, 0.6) is 0 Å². The summed E-state index contributed by atoms with van der Waals surface area (Å²) >= 11 is 0. The summed E-state index contributed by atoms with van der Waals surface area (Å²) in [6.45, 7) is 3.69. The lowest BCUT2D eigenvalue weighted by atomic mass is 10.1. The minimum atomic E-state index is 0.511. The van der Waals surface area contributed by atoms with Crippen LogP contribution in [0.15, 0.2) is 56.6 Å². The molecule has 0 N–H and O–H groups in total. The maximum Gasteiger partial charge on any atom is 0.240 e. The second kappa shape index (κ2) is 6.99. The smallest absolute Gasteiger partial charge is 0.211 e. The quantitative estimate of drug-likeness (QED) is 0.466. The fraction of sp³-hybridized carbons (Fsp3) is 0.125. The fourth-order valence-corrected chi connectivity index (χ4v) is 1.82. The number of aryl methyl sites for hydroxylation is 2. The molecule has 0 aliphatic rings. The Morgan fingerprint density at radius 2 is 1.27 bits per heavy atom. The molecule has 0 aliphatic heterocycles. The molecule has 0 spiro atoms. The number of aliphatic imine (C=N–C) groups is 2. The van der Waals surface area contributed by atoms with E-state index in [1.807, 2.05) is 13.8 Å². The van der Waals surface area contributed by atoms with Crippen molar-refractivity contribution in [2.24, 2.45) is 20.2 Å². The Morgan fingerprint density at radius 1 is 0.727 bits per heavy atom. The summed E-state index contributed by atoms with van der Waals surface area (Å²) in [4.78, 5) is 27.6. The summed E-state index contributed by atoms with van der Waals surface area (Å²) in [5, 5.41) is 8.32. The minimum absolute atomic E-state index is 0.511. The topological polar surface area (TPSA) is 83.6 Å². The molecule has 0 radical (unpaired) electrons. The lowest BCUT2D eigenvalue weighted by Crippen LogP contribution is -1.79. The Kier molecular flexibility index (Phi) is 4.83. The van der Waals surface area contributed by atoms with Crippen LogP contribution in [0, 0.1) is 13.8 Å². The van der Waals surface area contributed by atoms with Gasteiger partial charge in [-0.3, -0.25) is 0 Å². The van der Waals surface area contributed by atoms with E-state index in [9.17, 15) is 9.59 Å². The molecular weight excluding hydrogens is 280 g/mol. The van der Waals surface area contributed by atoms with E-state index in [4.69, 9.17) is 0 Å². The Labute approximate surface area is 127 Å². The lowest BCUT2D eigenvalue weighted by Gasteiger charge is -2.03. The van der Waals surface area contributed by atoms with Crippen LogP contribution in [0.2, 0.25) is 0 Å². The summed E-state index contributed by atoms with van der Waals surface area (Å²) < 4.78 is 0. The first-order valence-electron chi connectivity index (χ1n) is 6.43. The van der Waals surface area contributed by atoms with Crippen molar-refractivity contribution in [2.75, 3.05) is 0 Å². The van der Waals surface area contributed by atoms with Gasteiger partial charge in [-0.1, -0.05) is 0 Å². The van der Waals surface area contributed by atoms with E-state index >= 15 is 0 Å². The fourth-order valence-electron chi connectivity index (χ4n) is 1.82. The van der Waals surface area contributed by atoms with Crippen LogP contribution in [-0.2, 0) is 9.59 Å². The molecule has 22 heavy (non-hydrogen) atoms. The molecule has 0 unspecified atom stereocenters. The van der Waals surface area contributed by atoms with Crippen molar-refractivity contribution in [1.29, 1.82) is 0 Å². The van der Waals surface area contributed by atoms with E-state index in [2.05, 4.69) is 20.2 Å². The molecule has 0 heterocycles. The van der Waals surface area contributed by atoms with Gasteiger partial charge in [0.2, 0.25) is 12.2 Å². The van der Waals surface area contributed by atoms with Crippen LogP contribution in [0.25, 0.3) is 0 Å². The van der Waals surface area contributed by atoms with Crippen molar-refractivity contribution in [3.63, 3.8) is 0 Å². The van der Waals surface area contributed by atoms with Gasteiger partial charge < -0.3 is 0 Å². The molecule has 0 fully saturated rings. The highest BCUT2D eigenvalue weighted by atomic mass is 16.1. The Hall–Kier alpha value is -3.20. The number of azo groups is 1. The summed E-state index contributed by atoms with van der Waals surface area (Å²) in [5.74, 6) is 0. The van der Waals surface area contributed by atoms with Gasteiger partial charge >= 0.3 is 0 Å². The Bertz CT molecular complexity index is 813. The van der Waals surface area contributed by atoms with Gasteiger partial charge in [0.05, 0.1) is 22.7 Å². The number of benzene rings is 2. The van der Waals surface area contributed by atoms with Crippen LogP contribution in [0.3, 0.4) is 0 Å². The number of carbonyl (C=O) groups excluding carboxylic acids is 2. The first-order valence-corrected chi connectivity index (χ1v) is 6.43. The highest BCUT2D eigenvalue weighted by molar-refractivity contribution is 5.61. The molecule has 6 nitrogen and oxygen atoms in total. The van der Waals surface area contributed by atoms with E-state index in [0.29, 0.717) is 22.7 Å². The maximum absolute atomic E-state index is 10.3. The van der Waals surface area contributed by atoms with E-state index < -0.39 is 0 Å². The molecule has 2 aromatic carbocycles. The molecule has 0 amide bonds. The average molecular weight is 292 g/mol. The number of isocyanates is 2. The van der Waals surface area contributed by atoms with Crippen molar-refractivity contribution in [3.8, 4) is 0 Å². The van der Waals surface area contributed by atoms with Crippen LogP contribution >= 0.6 is 0 Å². The van der Waals surface area contributed by atoms with Gasteiger partial charge in [0.15, 0.2) is 0 Å². The Morgan fingerprint density at radius 3 is 1.91 bits per heavy atom. The van der Waals surface area contributed by atoms with Crippen molar-refractivity contribution in [1.82, 2.24) is 0 Å². The van der Waals surface area contributed by atoms with Gasteiger partial charge in [-0.15, -0.1) is 0 Å². The molecule has 0 saturated heterocycles. The van der Waals surface area contributed by atoms with Crippen molar-refractivity contribution >= 4 is 34.9 Å². The SMILES string of the molecule is Cc1cc(/N=N/c2ccc(N=C=O)cc2)c(C)cc1N=C=O. The normalized spacial score (nSPS) is 10.1. The second-order valence-electron chi connectivity index (χ2n) is 4.55. The third-order valence-corrected chi connectivity index (χ3v) is 2.98. The molecule has 2 rings (SSSR count). The zero-order valence-electron chi connectivity index (χ0n) is 12.1. The molecule has 0 aliphatic carbocycles. The van der Waals surface area contributed by atoms with Crippen LogP contribution in [-0.4, -0.2) is 12.2 Å². The highest BCUT2D eigenvalue weighted by Gasteiger charge is 2.03. The standard InChI is InChI=1S/C16H12N4O2/c1-11-8-16(12(2)7-15(11)18-10-22)20-19-14-5-3-13(4-6-14)17-9-21/h3-8H,1-2H3/b20-19+. The van der Waals surface area contributed by atoms with Crippen LogP contribution < -0.4 is 0 Å². The van der Waals surface area contributed by atoms with Crippen molar-refractivity contribution in [3.05, 3.63) is 47.5 Å². The zero-order valence-corrected chi connectivity index (χ0v) is 12.1. The minimum Gasteiger partial charge on any atom is -0.211 e. The largest absolute Gasteiger partial charge is 0.240 e. The second-order valence-corrected chi connectivity index (χ2v) is 4.55. The molecule has 0 bridgehead atoms. The molecule has 0 saturated carbocycles. The van der Waals surface area contributed by atoms with Gasteiger partial charge in [-0.05, 0) is 61.4 Å². The maximum atomic E-state index is 10.3. The number of rotatable bonds is 4. The summed E-state index contributed by atoms with van der Waals surface area (Å²) in [6.07, 6.45) is 3.00. The average Bonchev–Trinajstić information content (AvgIpc) is 2.51. The molecule has 0 atom stereocenters. The van der Waals surface area contributed by atoms with Gasteiger partial charge in [-0.2, -0.15) is 20.2 Å². The predicted molar refractivity (Wildman–Crippen MR) is 82.1 cm³/mol. The van der Waals surface area contributed by atoms with Crippen LogP contribution in [0.4, 0.5) is 22.7 Å². The third-order valence-electron chi connectivity index (χ3n) is 2.98. The summed E-state index contributed by atoms with van der Waals surface area (Å²) in [7, 11) is 0. The van der Waals surface area contributed by atoms with Crippen molar-refractivity contribution < 1.29 is 9.59 Å². The van der Waals surface area contributed by atoms with Gasteiger partial charge in [0, 0.05) is 0 Å². The van der Waals surface area contributed by atoms with Gasteiger partial charge in [0.25, 0.3) is 0 Å². The first kappa shape index (κ1) is 15.2. The molecule has 0 aromatic heterocycles. The van der Waals surface area contributed by atoms with E-state index in [1.165, 1.54) is 12.2 Å². The number of hydrogen-bond donors (Lipinski definition) is 0. The van der Waals surface area contributed by atoms with E-state index in [1.54, 1.807) is 36.4 Å². The lowest BCUT2D eigenvalue weighted by molar-refractivity contribution is 0.564. The number of hydrogen-bond acceptors (Lipinski definition) is 6. The predicted octanol–water partition coefficient (Wildman–Crippen LogP) is 4.65. The van der Waals surface area contributed by atoms with Gasteiger partial charge in [0.1, 0.15) is 0 Å². The monoisotopic (exact) mass is 292 g/mol. The van der Waals surface area contributed by atoms with E-state index in [0.717, 1.165) is 11.1 Å². The van der Waals surface area contributed by atoms with Crippen LogP contribution in [0.1, 0.15) is 11.1 Å². The summed E-state index contributed by atoms with van der Waals surface area (Å²) in [5.41, 5.74) is 4.08. The first-order chi connectivity index (χ1) is 10.6. The number of nitrogens with zero attached hydrogens (tertiary/aromatic N) is 4. The highest BCUT2D eigenvalue weighted by Crippen LogP contribution is 2.29. The molecular formula is C16H12N4O2. The molecule has 6 heteroatoms.